The average Bonchev–Trinajstić information content (AvgIpc) is 2.76. The van der Waals surface area contributed by atoms with Crippen LogP contribution in [-0.4, -0.2) is 30.6 Å². The van der Waals surface area contributed by atoms with Gasteiger partial charge in [-0.25, -0.2) is 0 Å². The van der Waals surface area contributed by atoms with Gasteiger partial charge in [-0.15, -0.1) is 0 Å². The van der Waals surface area contributed by atoms with Crippen LogP contribution in [0.4, 0.5) is 0 Å². The Morgan fingerprint density at radius 1 is 1.42 bits per heavy atom. The van der Waals surface area contributed by atoms with Gasteiger partial charge in [0.2, 0.25) is 0 Å². The third-order valence-corrected chi connectivity index (χ3v) is 3.04. The van der Waals surface area contributed by atoms with Crippen LogP contribution in [0, 0.1) is 5.41 Å². The topological polar surface area (TPSA) is 44.6 Å². The van der Waals surface area contributed by atoms with Crippen molar-refractivity contribution in [3.05, 3.63) is 0 Å². The number of aliphatic imine (C=N–C) groups is 1. The van der Waals surface area contributed by atoms with E-state index >= 15 is 0 Å². The van der Waals surface area contributed by atoms with E-state index in [0.717, 1.165) is 31.8 Å². The van der Waals surface area contributed by atoms with Gasteiger partial charge in [0.15, 0.2) is 0 Å². The maximum absolute atomic E-state index is 9.36. The Hall–Kier alpha value is -0.570. The normalized spacial score (nSPS) is 26.9. The van der Waals surface area contributed by atoms with Crippen molar-refractivity contribution >= 4 is 5.84 Å². The second kappa shape index (κ2) is 3.05. The molecule has 0 radical (unpaired) electrons. The minimum atomic E-state index is 0.0104. The van der Waals surface area contributed by atoms with E-state index in [0.29, 0.717) is 0 Å². The molecule has 3 nitrogen and oxygen atoms in total. The minimum absolute atomic E-state index is 0.0104. The number of aliphatic hydroxyl groups excluding tert-OH is 1. The van der Waals surface area contributed by atoms with Gasteiger partial charge in [-0.1, -0.05) is 12.8 Å². The Bertz CT molecular complexity index is 195. The Morgan fingerprint density at radius 2 is 2.17 bits per heavy atom. The molecule has 1 heterocycles. The van der Waals surface area contributed by atoms with E-state index in [9.17, 15) is 5.11 Å². The van der Waals surface area contributed by atoms with Gasteiger partial charge in [0.05, 0.1) is 18.6 Å². The quantitative estimate of drug-likeness (QED) is 0.632. The molecule has 0 bridgehead atoms. The molecule has 0 spiro atoms. The van der Waals surface area contributed by atoms with Crippen LogP contribution in [0.2, 0.25) is 0 Å². The summed E-state index contributed by atoms with van der Waals surface area (Å²) < 4.78 is 0. The molecule has 2 N–H and O–H groups in total. The van der Waals surface area contributed by atoms with E-state index in [1.165, 1.54) is 12.8 Å². The lowest BCUT2D eigenvalue weighted by molar-refractivity contribution is 0.187. The number of nitrogens with zero attached hydrogens (tertiary/aromatic N) is 1. The number of rotatable bonds is 2. The molecular formula is C9H16N2O. The summed E-state index contributed by atoms with van der Waals surface area (Å²) in [6.45, 7) is 2.10. The van der Waals surface area contributed by atoms with Crippen LogP contribution in [-0.2, 0) is 0 Å². The summed E-state index contributed by atoms with van der Waals surface area (Å²) >= 11 is 0. The van der Waals surface area contributed by atoms with Crippen LogP contribution in [0.3, 0.4) is 0 Å². The van der Waals surface area contributed by atoms with Crippen molar-refractivity contribution in [2.45, 2.75) is 25.7 Å². The number of aliphatic hydroxyl groups is 1. The lowest BCUT2D eigenvalue weighted by Crippen LogP contribution is -2.39. The predicted octanol–water partition coefficient (Wildman–Crippen LogP) is 0.541. The maximum Gasteiger partial charge on any atom is 0.105 e. The zero-order valence-corrected chi connectivity index (χ0v) is 7.34. The van der Waals surface area contributed by atoms with Crippen LogP contribution in [0.25, 0.3) is 0 Å². The summed E-state index contributed by atoms with van der Waals surface area (Å²) in [5.41, 5.74) is 0.0104. The molecule has 2 rings (SSSR count). The van der Waals surface area contributed by atoms with Gasteiger partial charge in [0.25, 0.3) is 0 Å². The largest absolute Gasteiger partial charge is 0.395 e. The molecule has 1 aliphatic carbocycles. The molecule has 0 saturated heterocycles. The smallest absolute Gasteiger partial charge is 0.105 e. The fraction of sp³-hybridized carbons (Fsp3) is 0.889. The third kappa shape index (κ3) is 1.12. The summed E-state index contributed by atoms with van der Waals surface area (Å²) in [7, 11) is 0. The molecule has 0 aromatic carbocycles. The zero-order chi connectivity index (χ0) is 8.44. The molecule has 0 aromatic rings. The van der Waals surface area contributed by atoms with Crippen molar-refractivity contribution < 1.29 is 5.11 Å². The Morgan fingerprint density at radius 3 is 2.67 bits per heavy atom. The van der Waals surface area contributed by atoms with Crippen molar-refractivity contribution in [1.82, 2.24) is 5.32 Å². The number of amidine groups is 1. The van der Waals surface area contributed by atoms with Gasteiger partial charge < -0.3 is 10.4 Å². The zero-order valence-electron chi connectivity index (χ0n) is 7.34. The molecule has 0 unspecified atom stereocenters. The fourth-order valence-corrected chi connectivity index (χ4v) is 2.27. The predicted molar refractivity (Wildman–Crippen MR) is 48.3 cm³/mol. The summed E-state index contributed by atoms with van der Waals surface area (Å²) in [5.74, 6) is 1.07. The summed E-state index contributed by atoms with van der Waals surface area (Å²) in [4.78, 5) is 4.41. The standard InChI is InChI=1S/C9H16N2O/c12-7-9(3-1-2-4-9)8-10-5-6-11-8/h12H,1-7H2,(H,10,11). The summed E-state index contributed by atoms with van der Waals surface area (Å²) in [5, 5.41) is 12.6. The first-order chi connectivity index (χ1) is 5.87. The monoisotopic (exact) mass is 168 g/mol. The molecule has 0 atom stereocenters. The van der Waals surface area contributed by atoms with E-state index in [2.05, 4.69) is 10.3 Å². The summed E-state index contributed by atoms with van der Waals surface area (Å²) in [6, 6.07) is 0. The Balaban J connectivity index is 2.15. The van der Waals surface area contributed by atoms with Crippen LogP contribution in [0.1, 0.15) is 25.7 Å². The molecule has 1 fully saturated rings. The van der Waals surface area contributed by atoms with Crippen molar-refractivity contribution in [3.8, 4) is 0 Å². The summed E-state index contributed by atoms with van der Waals surface area (Å²) in [6.07, 6.45) is 4.69. The van der Waals surface area contributed by atoms with Crippen LogP contribution in [0.15, 0.2) is 4.99 Å². The number of nitrogens with one attached hydrogen (secondary N) is 1. The molecule has 1 aliphatic heterocycles. The first kappa shape index (κ1) is 8.05. The van der Waals surface area contributed by atoms with Crippen molar-refractivity contribution in [3.63, 3.8) is 0 Å². The highest BCUT2D eigenvalue weighted by Crippen LogP contribution is 2.38. The van der Waals surface area contributed by atoms with Crippen molar-refractivity contribution in [2.75, 3.05) is 19.7 Å². The molecule has 0 aromatic heterocycles. The molecule has 68 valence electrons. The van der Waals surface area contributed by atoms with Crippen LogP contribution in [0.5, 0.6) is 0 Å². The molecule has 1 saturated carbocycles. The second-order valence-corrected chi connectivity index (χ2v) is 3.80. The Labute approximate surface area is 72.9 Å². The molecule has 0 amide bonds. The number of hydrogen-bond acceptors (Lipinski definition) is 3. The molecule has 12 heavy (non-hydrogen) atoms. The van der Waals surface area contributed by atoms with Crippen molar-refractivity contribution in [1.29, 1.82) is 0 Å². The lowest BCUT2D eigenvalue weighted by atomic mass is 9.86. The van der Waals surface area contributed by atoms with E-state index in [1.54, 1.807) is 0 Å². The van der Waals surface area contributed by atoms with Crippen LogP contribution < -0.4 is 5.32 Å². The molecule has 2 aliphatic rings. The average molecular weight is 168 g/mol. The fourth-order valence-electron chi connectivity index (χ4n) is 2.27. The second-order valence-electron chi connectivity index (χ2n) is 3.80. The lowest BCUT2D eigenvalue weighted by Gasteiger charge is -2.26. The first-order valence-electron chi connectivity index (χ1n) is 4.77. The van der Waals surface area contributed by atoms with E-state index in [1.807, 2.05) is 0 Å². The SMILES string of the molecule is OCC1(C2=NCCN2)CCCC1. The van der Waals surface area contributed by atoms with Gasteiger partial charge in [-0.3, -0.25) is 4.99 Å². The van der Waals surface area contributed by atoms with Crippen molar-refractivity contribution in [2.24, 2.45) is 10.4 Å². The molecule has 3 heteroatoms. The Kier molecular flexibility index (Phi) is 2.05. The van der Waals surface area contributed by atoms with Gasteiger partial charge in [0.1, 0.15) is 5.84 Å². The van der Waals surface area contributed by atoms with Gasteiger partial charge in [-0.05, 0) is 12.8 Å². The van der Waals surface area contributed by atoms with Gasteiger partial charge in [-0.2, -0.15) is 0 Å². The third-order valence-electron chi connectivity index (χ3n) is 3.04. The number of hydrogen-bond donors (Lipinski definition) is 2. The van der Waals surface area contributed by atoms with E-state index in [-0.39, 0.29) is 12.0 Å². The van der Waals surface area contributed by atoms with Gasteiger partial charge in [0, 0.05) is 6.54 Å². The highest BCUT2D eigenvalue weighted by molar-refractivity contribution is 5.89. The molecular weight excluding hydrogens is 152 g/mol. The first-order valence-corrected chi connectivity index (χ1v) is 4.77. The van der Waals surface area contributed by atoms with Crippen LogP contribution >= 0.6 is 0 Å². The maximum atomic E-state index is 9.36. The highest BCUT2D eigenvalue weighted by Gasteiger charge is 2.39. The van der Waals surface area contributed by atoms with E-state index < -0.39 is 0 Å². The van der Waals surface area contributed by atoms with E-state index in [4.69, 9.17) is 0 Å². The minimum Gasteiger partial charge on any atom is -0.395 e. The highest BCUT2D eigenvalue weighted by atomic mass is 16.3. The van der Waals surface area contributed by atoms with Gasteiger partial charge >= 0.3 is 0 Å².